The normalized spacial score (nSPS) is 10.4. The van der Waals surface area contributed by atoms with Crippen LogP contribution in [0.2, 0.25) is 0 Å². The van der Waals surface area contributed by atoms with Gasteiger partial charge in [-0.1, -0.05) is 30.3 Å². The number of methoxy groups -OCH3 is 1. The van der Waals surface area contributed by atoms with Crippen molar-refractivity contribution >= 4 is 28.6 Å². The van der Waals surface area contributed by atoms with E-state index in [1.54, 1.807) is 36.5 Å². The predicted octanol–water partition coefficient (Wildman–Crippen LogP) is 3.74. The molecular weight excluding hydrogens is 358 g/mol. The molecule has 0 saturated carbocycles. The fraction of sp³-hybridized carbons (Fsp3) is 0.190. The van der Waals surface area contributed by atoms with Crippen LogP contribution in [0.25, 0.3) is 10.8 Å². The number of ether oxygens (including phenoxy) is 2. The Morgan fingerprint density at radius 1 is 1.11 bits per heavy atom. The molecule has 7 heteroatoms. The van der Waals surface area contributed by atoms with E-state index in [1.807, 2.05) is 25.1 Å². The fourth-order valence-electron chi connectivity index (χ4n) is 2.78. The van der Waals surface area contributed by atoms with Gasteiger partial charge in [0.2, 0.25) is 0 Å². The summed E-state index contributed by atoms with van der Waals surface area (Å²) in [6.07, 6.45) is 1.70. The summed E-state index contributed by atoms with van der Waals surface area (Å²) >= 11 is 0. The van der Waals surface area contributed by atoms with E-state index < -0.39 is 5.97 Å². The summed E-state index contributed by atoms with van der Waals surface area (Å²) in [7, 11) is 1.34. The van der Waals surface area contributed by atoms with Crippen molar-refractivity contribution in [3.05, 3.63) is 65.9 Å². The topological polar surface area (TPSA) is 89.6 Å². The van der Waals surface area contributed by atoms with Crippen molar-refractivity contribution in [3.63, 3.8) is 0 Å². The molecule has 2 aromatic carbocycles. The maximum Gasteiger partial charge on any atom is 0.341 e. The van der Waals surface area contributed by atoms with Gasteiger partial charge in [-0.3, -0.25) is 5.32 Å². The summed E-state index contributed by atoms with van der Waals surface area (Å²) < 4.78 is 10.7. The maximum atomic E-state index is 11.9. The van der Waals surface area contributed by atoms with Gasteiger partial charge in [0.1, 0.15) is 23.7 Å². The second kappa shape index (κ2) is 8.85. The molecule has 0 bridgehead atoms. The maximum absolute atomic E-state index is 11.9. The number of benzene rings is 2. The van der Waals surface area contributed by atoms with E-state index in [0.29, 0.717) is 23.7 Å². The van der Waals surface area contributed by atoms with Crippen molar-refractivity contribution in [1.82, 2.24) is 10.3 Å². The van der Waals surface area contributed by atoms with Crippen LogP contribution in [-0.2, 0) is 11.3 Å². The van der Waals surface area contributed by atoms with Gasteiger partial charge >= 0.3 is 12.0 Å². The molecule has 2 amide bonds. The SMILES string of the molecule is CCNC(=O)Nc1cc2cccc(COc3ccccc3C(=O)OC)c2cn1. The Kier molecular flexibility index (Phi) is 6.06. The van der Waals surface area contributed by atoms with E-state index in [-0.39, 0.29) is 12.6 Å². The first-order valence-corrected chi connectivity index (χ1v) is 8.85. The number of carbonyl (C=O) groups excluding carboxylic acids is 2. The molecule has 0 saturated heterocycles. The minimum absolute atomic E-state index is 0.260. The average molecular weight is 379 g/mol. The van der Waals surface area contributed by atoms with Crippen molar-refractivity contribution in [1.29, 1.82) is 0 Å². The molecule has 1 aromatic heterocycles. The van der Waals surface area contributed by atoms with E-state index in [1.165, 1.54) is 7.11 Å². The summed E-state index contributed by atoms with van der Waals surface area (Å²) in [4.78, 5) is 27.8. The Bertz CT molecular complexity index is 1000. The van der Waals surface area contributed by atoms with Crippen LogP contribution in [0.5, 0.6) is 5.75 Å². The highest BCUT2D eigenvalue weighted by Crippen LogP contribution is 2.24. The third-order valence-corrected chi connectivity index (χ3v) is 4.11. The molecule has 3 aromatic rings. The van der Waals surface area contributed by atoms with Crippen LogP contribution in [0.1, 0.15) is 22.8 Å². The van der Waals surface area contributed by atoms with Gasteiger partial charge in [-0.25, -0.2) is 14.6 Å². The van der Waals surface area contributed by atoms with E-state index in [2.05, 4.69) is 15.6 Å². The Morgan fingerprint density at radius 2 is 1.93 bits per heavy atom. The fourth-order valence-corrected chi connectivity index (χ4v) is 2.78. The van der Waals surface area contributed by atoms with Crippen LogP contribution in [0, 0.1) is 0 Å². The number of fused-ring (bicyclic) bond motifs is 1. The van der Waals surface area contributed by atoms with Gasteiger partial charge in [-0.2, -0.15) is 0 Å². The van der Waals surface area contributed by atoms with Crippen molar-refractivity contribution in [2.24, 2.45) is 0 Å². The zero-order valence-corrected chi connectivity index (χ0v) is 15.7. The minimum atomic E-state index is -0.448. The number of hydrogen-bond donors (Lipinski definition) is 2. The van der Waals surface area contributed by atoms with Crippen LogP contribution in [-0.4, -0.2) is 30.6 Å². The zero-order valence-electron chi connectivity index (χ0n) is 15.7. The number of para-hydroxylation sites is 1. The predicted molar refractivity (Wildman–Crippen MR) is 107 cm³/mol. The summed E-state index contributed by atoms with van der Waals surface area (Å²) in [5, 5.41) is 7.18. The summed E-state index contributed by atoms with van der Waals surface area (Å²) in [5.41, 5.74) is 1.28. The third kappa shape index (κ3) is 4.37. The van der Waals surface area contributed by atoms with Gasteiger partial charge in [-0.05, 0) is 36.1 Å². The van der Waals surface area contributed by atoms with Crippen LogP contribution in [0.4, 0.5) is 10.6 Å². The Balaban J connectivity index is 1.81. The number of hydrogen-bond acceptors (Lipinski definition) is 5. The van der Waals surface area contributed by atoms with E-state index in [0.717, 1.165) is 16.3 Å². The van der Waals surface area contributed by atoms with Crippen LogP contribution in [0.3, 0.4) is 0 Å². The molecule has 0 aliphatic rings. The lowest BCUT2D eigenvalue weighted by Gasteiger charge is -2.12. The van der Waals surface area contributed by atoms with Gasteiger partial charge in [0, 0.05) is 18.1 Å². The molecular formula is C21H21N3O4. The first kappa shape index (κ1) is 19.2. The highest BCUT2D eigenvalue weighted by molar-refractivity contribution is 5.93. The number of pyridine rings is 1. The van der Waals surface area contributed by atoms with E-state index in [9.17, 15) is 9.59 Å². The van der Waals surface area contributed by atoms with Gasteiger partial charge in [0.05, 0.1) is 7.11 Å². The zero-order chi connectivity index (χ0) is 19.9. The van der Waals surface area contributed by atoms with Crippen molar-refractivity contribution < 1.29 is 19.1 Å². The Morgan fingerprint density at radius 3 is 2.71 bits per heavy atom. The first-order valence-electron chi connectivity index (χ1n) is 8.85. The molecule has 0 spiro atoms. The van der Waals surface area contributed by atoms with Gasteiger partial charge < -0.3 is 14.8 Å². The highest BCUT2D eigenvalue weighted by Gasteiger charge is 2.13. The van der Waals surface area contributed by atoms with Gasteiger partial charge in [0.15, 0.2) is 0 Å². The molecule has 7 nitrogen and oxygen atoms in total. The van der Waals surface area contributed by atoms with Crippen LogP contribution < -0.4 is 15.4 Å². The van der Waals surface area contributed by atoms with Crippen LogP contribution >= 0.6 is 0 Å². The van der Waals surface area contributed by atoms with Crippen molar-refractivity contribution in [2.75, 3.05) is 19.0 Å². The Labute approximate surface area is 162 Å². The molecule has 3 rings (SSSR count). The smallest absolute Gasteiger partial charge is 0.341 e. The lowest BCUT2D eigenvalue weighted by molar-refractivity contribution is 0.0595. The molecule has 2 N–H and O–H groups in total. The highest BCUT2D eigenvalue weighted by atomic mass is 16.5. The molecule has 0 aliphatic heterocycles. The second-order valence-corrected chi connectivity index (χ2v) is 5.97. The summed E-state index contributed by atoms with van der Waals surface area (Å²) in [5.74, 6) is 0.470. The number of nitrogens with one attached hydrogen (secondary N) is 2. The molecule has 0 atom stereocenters. The molecule has 0 aliphatic carbocycles. The first-order chi connectivity index (χ1) is 13.6. The summed E-state index contributed by atoms with van der Waals surface area (Å²) in [6.45, 7) is 2.64. The average Bonchev–Trinajstić information content (AvgIpc) is 2.71. The molecule has 0 unspecified atom stereocenters. The minimum Gasteiger partial charge on any atom is -0.488 e. The summed E-state index contributed by atoms with van der Waals surface area (Å²) in [6, 6.07) is 14.2. The third-order valence-electron chi connectivity index (χ3n) is 4.11. The molecule has 1 heterocycles. The second-order valence-electron chi connectivity index (χ2n) is 5.97. The number of aromatic nitrogens is 1. The quantitative estimate of drug-likeness (QED) is 0.637. The molecule has 0 fully saturated rings. The lowest BCUT2D eigenvalue weighted by atomic mass is 10.1. The monoisotopic (exact) mass is 379 g/mol. The van der Waals surface area contributed by atoms with Crippen molar-refractivity contribution in [2.45, 2.75) is 13.5 Å². The number of rotatable bonds is 6. The van der Waals surface area contributed by atoms with Crippen LogP contribution in [0.15, 0.2) is 54.7 Å². The van der Waals surface area contributed by atoms with Gasteiger partial charge in [-0.15, -0.1) is 0 Å². The standard InChI is InChI=1S/C21H21N3O4/c1-3-22-21(26)24-19-11-14-7-6-8-15(17(14)12-23-19)13-28-18-10-5-4-9-16(18)20(25)27-2/h4-12H,3,13H2,1-2H3,(H2,22,23,24,26). The number of esters is 1. The number of anilines is 1. The molecule has 144 valence electrons. The van der Waals surface area contributed by atoms with Crippen molar-refractivity contribution in [3.8, 4) is 5.75 Å². The number of carbonyl (C=O) groups is 2. The van der Waals surface area contributed by atoms with E-state index in [4.69, 9.17) is 9.47 Å². The van der Waals surface area contributed by atoms with Gasteiger partial charge in [0.25, 0.3) is 0 Å². The largest absolute Gasteiger partial charge is 0.488 e. The molecule has 0 radical (unpaired) electrons. The number of urea groups is 1. The van der Waals surface area contributed by atoms with E-state index >= 15 is 0 Å². The Hall–Kier alpha value is -3.61. The lowest BCUT2D eigenvalue weighted by Crippen LogP contribution is -2.28. The molecule has 28 heavy (non-hydrogen) atoms. The number of nitrogens with zero attached hydrogens (tertiary/aromatic N) is 1. The number of amides is 2.